The summed E-state index contributed by atoms with van der Waals surface area (Å²) in [4.78, 5) is 52.6. The van der Waals surface area contributed by atoms with Gasteiger partial charge in [-0.05, 0) is 32.4 Å². The Morgan fingerprint density at radius 1 is 0.875 bits per heavy atom. The summed E-state index contributed by atoms with van der Waals surface area (Å²) in [5, 5.41) is 0.157. The third-order valence-corrected chi connectivity index (χ3v) is 2.41. The van der Waals surface area contributed by atoms with Crippen molar-refractivity contribution in [1.29, 1.82) is 0 Å². The van der Waals surface area contributed by atoms with Crippen molar-refractivity contribution >= 4 is 29.3 Å². The molecule has 0 aliphatic heterocycles. The van der Waals surface area contributed by atoms with Crippen LogP contribution in [0.2, 0.25) is 5.28 Å². The molecular formula is C15H17ClN4O4. The average molecular weight is 353 g/mol. The third kappa shape index (κ3) is 9.99. The molecule has 0 fully saturated rings. The van der Waals surface area contributed by atoms with Gasteiger partial charge in [0.1, 0.15) is 5.82 Å². The Morgan fingerprint density at radius 3 is 1.46 bits per heavy atom. The van der Waals surface area contributed by atoms with Crippen LogP contribution >= 0.6 is 11.6 Å². The van der Waals surface area contributed by atoms with Crippen molar-refractivity contribution in [3.05, 3.63) is 47.0 Å². The first-order valence-corrected chi connectivity index (χ1v) is 6.47. The molecule has 0 N–H and O–H groups in total. The Bertz CT molecular complexity index is 626. The molecule has 0 radical (unpaired) electrons. The SMILES string of the molecule is C.CC(=O)c1cnc(C)nc1.CC(=O)c1cnc(Cl)nc1.O=C=O. The normalized spacial score (nSPS) is 8.17. The lowest BCUT2D eigenvalue weighted by Gasteiger charge is -1.92. The molecule has 24 heavy (non-hydrogen) atoms. The van der Waals surface area contributed by atoms with E-state index in [9.17, 15) is 9.59 Å². The highest BCUT2D eigenvalue weighted by atomic mass is 35.5. The van der Waals surface area contributed by atoms with Crippen LogP contribution in [0.3, 0.4) is 0 Å². The fourth-order valence-corrected chi connectivity index (χ4v) is 1.17. The molecule has 0 atom stereocenters. The number of halogens is 1. The molecule has 0 saturated heterocycles. The summed E-state index contributed by atoms with van der Waals surface area (Å²) >= 11 is 5.38. The molecule has 0 aliphatic rings. The number of aromatic nitrogens is 4. The van der Waals surface area contributed by atoms with Crippen LogP contribution in [-0.2, 0) is 9.59 Å². The van der Waals surface area contributed by atoms with E-state index in [0.717, 1.165) is 0 Å². The van der Waals surface area contributed by atoms with Gasteiger partial charge in [0.2, 0.25) is 5.28 Å². The largest absolute Gasteiger partial charge is 0.373 e. The first kappa shape index (κ1) is 23.4. The lowest BCUT2D eigenvalue weighted by molar-refractivity contribution is -0.191. The zero-order valence-electron chi connectivity index (χ0n) is 12.6. The molecule has 0 amide bonds. The maximum Gasteiger partial charge on any atom is 0.373 e. The molecule has 0 unspecified atom stereocenters. The van der Waals surface area contributed by atoms with Crippen LogP contribution in [0.1, 0.15) is 47.8 Å². The number of hydrogen-bond donors (Lipinski definition) is 0. The van der Waals surface area contributed by atoms with E-state index in [4.69, 9.17) is 21.2 Å². The van der Waals surface area contributed by atoms with Gasteiger partial charge in [0, 0.05) is 24.8 Å². The van der Waals surface area contributed by atoms with Gasteiger partial charge in [-0.2, -0.15) is 9.59 Å². The highest BCUT2D eigenvalue weighted by Crippen LogP contribution is 2.00. The van der Waals surface area contributed by atoms with Gasteiger partial charge in [-0.15, -0.1) is 0 Å². The fraction of sp³-hybridized carbons (Fsp3) is 0.267. The molecule has 2 aromatic rings. The number of aryl methyl sites for hydroxylation is 1. The van der Waals surface area contributed by atoms with Gasteiger partial charge in [-0.1, -0.05) is 7.43 Å². The van der Waals surface area contributed by atoms with Gasteiger partial charge in [-0.3, -0.25) is 9.59 Å². The van der Waals surface area contributed by atoms with E-state index in [1.165, 1.54) is 38.6 Å². The molecule has 9 heteroatoms. The number of nitrogens with zero attached hydrogens (tertiary/aromatic N) is 4. The lowest BCUT2D eigenvalue weighted by atomic mass is 10.2. The van der Waals surface area contributed by atoms with Gasteiger partial charge in [0.25, 0.3) is 0 Å². The van der Waals surface area contributed by atoms with Gasteiger partial charge < -0.3 is 0 Å². The van der Waals surface area contributed by atoms with E-state index in [-0.39, 0.29) is 30.4 Å². The van der Waals surface area contributed by atoms with Crippen LogP contribution in [0.25, 0.3) is 0 Å². The van der Waals surface area contributed by atoms with Crippen molar-refractivity contribution < 1.29 is 19.2 Å². The maximum absolute atomic E-state index is 10.7. The predicted octanol–water partition coefficient (Wildman–Crippen LogP) is 2.37. The minimum atomic E-state index is -0.0586. The van der Waals surface area contributed by atoms with Gasteiger partial charge in [-0.25, -0.2) is 19.9 Å². The minimum Gasteiger partial charge on any atom is -0.294 e. The van der Waals surface area contributed by atoms with Gasteiger partial charge >= 0.3 is 6.15 Å². The highest BCUT2D eigenvalue weighted by molar-refractivity contribution is 6.28. The Hall–Kier alpha value is -2.83. The van der Waals surface area contributed by atoms with E-state index in [1.807, 2.05) is 0 Å². The van der Waals surface area contributed by atoms with Crippen molar-refractivity contribution in [3.63, 3.8) is 0 Å². The monoisotopic (exact) mass is 352 g/mol. The van der Waals surface area contributed by atoms with Crippen molar-refractivity contribution in [2.75, 3.05) is 0 Å². The molecule has 2 aromatic heterocycles. The fourth-order valence-electron chi connectivity index (χ4n) is 1.07. The number of hydrogen-bond acceptors (Lipinski definition) is 8. The van der Waals surface area contributed by atoms with Crippen molar-refractivity contribution in [3.8, 4) is 0 Å². The van der Waals surface area contributed by atoms with E-state index in [2.05, 4.69) is 19.9 Å². The molecule has 0 aromatic carbocycles. The summed E-state index contributed by atoms with van der Waals surface area (Å²) in [6.45, 7) is 4.73. The van der Waals surface area contributed by atoms with Crippen LogP contribution in [0, 0.1) is 6.92 Å². The zero-order valence-corrected chi connectivity index (χ0v) is 13.4. The summed E-state index contributed by atoms with van der Waals surface area (Å²) in [6.07, 6.45) is 6.12. The predicted molar refractivity (Wildman–Crippen MR) is 85.6 cm³/mol. The molecule has 0 bridgehead atoms. The smallest absolute Gasteiger partial charge is 0.294 e. The zero-order chi connectivity index (χ0) is 17.8. The second-order valence-corrected chi connectivity index (χ2v) is 4.29. The van der Waals surface area contributed by atoms with Crippen molar-refractivity contribution in [2.24, 2.45) is 0 Å². The van der Waals surface area contributed by atoms with E-state index < -0.39 is 0 Å². The van der Waals surface area contributed by atoms with Crippen molar-refractivity contribution in [2.45, 2.75) is 28.2 Å². The molecule has 2 rings (SSSR count). The molecule has 128 valence electrons. The maximum atomic E-state index is 10.7. The summed E-state index contributed by atoms with van der Waals surface area (Å²) in [5.41, 5.74) is 1.04. The topological polar surface area (TPSA) is 120 Å². The summed E-state index contributed by atoms with van der Waals surface area (Å²) < 4.78 is 0. The first-order valence-electron chi connectivity index (χ1n) is 6.09. The van der Waals surface area contributed by atoms with Gasteiger partial charge in [0.05, 0.1) is 11.1 Å². The molecule has 2 heterocycles. The Labute approximate surface area is 144 Å². The quantitative estimate of drug-likeness (QED) is 0.596. The number of carbonyl (C=O) groups excluding carboxylic acids is 4. The number of ketones is 2. The average Bonchev–Trinajstić information content (AvgIpc) is 2.49. The van der Waals surface area contributed by atoms with Crippen LogP contribution in [0.15, 0.2) is 24.8 Å². The summed E-state index contributed by atoms with van der Waals surface area (Å²) in [6, 6.07) is 0. The molecular weight excluding hydrogens is 336 g/mol. The molecule has 0 aliphatic carbocycles. The van der Waals surface area contributed by atoms with Crippen LogP contribution in [0.5, 0.6) is 0 Å². The molecule has 8 nitrogen and oxygen atoms in total. The highest BCUT2D eigenvalue weighted by Gasteiger charge is 1.98. The third-order valence-electron chi connectivity index (χ3n) is 2.21. The summed E-state index contributed by atoms with van der Waals surface area (Å²) in [5.74, 6) is 0.627. The van der Waals surface area contributed by atoms with E-state index >= 15 is 0 Å². The second kappa shape index (κ2) is 12.7. The van der Waals surface area contributed by atoms with Crippen molar-refractivity contribution in [1.82, 2.24) is 19.9 Å². The lowest BCUT2D eigenvalue weighted by Crippen LogP contribution is -1.95. The molecule has 0 spiro atoms. The summed E-state index contributed by atoms with van der Waals surface area (Å²) in [7, 11) is 0. The van der Waals surface area contributed by atoms with Crippen LogP contribution < -0.4 is 0 Å². The standard InChI is InChI=1S/C7H8N2O.C6H5ClN2O.CO2.CH4/c1-5(10)7-3-8-6(2)9-4-7;1-4(10)5-2-8-6(7)9-3-5;2-1-3;/h3-4H,1-2H3;2-3H,1H3;;1H4. The molecule has 0 saturated carbocycles. The van der Waals surface area contributed by atoms with E-state index in [0.29, 0.717) is 17.0 Å². The Morgan fingerprint density at radius 2 is 1.17 bits per heavy atom. The minimum absolute atomic E-state index is 0. The Balaban J connectivity index is 0. The van der Waals surface area contributed by atoms with Gasteiger partial charge in [0.15, 0.2) is 11.6 Å². The number of rotatable bonds is 2. The van der Waals surface area contributed by atoms with Crippen LogP contribution in [0.4, 0.5) is 0 Å². The van der Waals surface area contributed by atoms with Crippen LogP contribution in [-0.4, -0.2) is 37.7 Å². The number of Topliss-reactive ketones (excluding diaryl/α,β-unsaturated/α-hetero) is 2. The second-order valence-electron chi connectivity index (χ2n) is 3.96. The Kier molecular flexibility index (Phi) is 12.4. The first-order chi connectivity index (χ1) is 10.8. The number of carbonyl (C=O) groups is 2. The van der Waals surface area contributed by atoms with E-state index in [1.54, 1.807) is 6.92 Å².